The van der Waals surface area contributed by atoms with Crippen molar-refractivity contribution in [2.24, 2.45) is 0 Å². The van der Waals surface area contributed by atoms with Crippen LogP contribution in [0.1, 0.15) is 36.2 Å². The molecule has 0 unspecified atom stereocenters. The molecule has 3 N–H and O–H groups in total. The van der Waals surface area contributed by atoms with Crippen LogP contribution in [0.4, 0.5) is 0 Å². The van der Waals surface area contributed by atoms with Crippen molar-refractivity contribution in [2.45, 2.75) is 31.9 Å². The van der Waals surface area contributed by atoms with E-state index in [0.29, 0.717) is 49.8 Å². The number of carbonyl (C=O) groups is 1. The molecule has 3 rings (SSSR count). The van der Waals surface area contributed by atoms with E-state index in [0.717, 1.165) is 5.56 Å². The van der Waals surface area contributed by atoms with Crippen LogP contribution in [-0.4, -0.2) is 43.4 Å². The molecule has 1 aliphatic rings. The fourth-order valence-electron chi connectivity index (χ4n) is 3.62. The summed E-state index contributed by atoms with van der Waals surface area (Å²) in [6.45, 7) is 5.91. The van der Waals surface area contributed by atoms with Crippen LogP contribution < -0.4 is 20.1 Å². The van der Waals surface area contributed by atoms with E-state index in [1.165, 1.54) is 0 Å². The molecule has 0 aliphatic carbocycles. The first-order valence-electron chi connectivity index (χ1n) is 9.77. The molecule has 1 saturated heterocycles. The quantitative estimate of drug-likeness (QED) is 0.683. The summed E-state index contributed by atoms with van der Waals surface area (Å²) in [5, 5.41) is 17.1. The minimum absolute atomic E-state index is 0.256. The lowest BCUT2D eigenvalue weighted by Gasteiger charge is -2.43. The third-order valence-corrected chi connectivity index (χ3v) is 5.03. The number of piperidine rings is 1. The Kier molecular flexibility index (Phi) is 6.54. The zero-order valence-corrected chi connectivity index (χ0v) is 16.4. The summed E-state index contributed by atoms with van der Waals surface area (Å²) in [5.74, 6) is 0.894. The Labute approximate surface area is 165 Å². The van der Waals surface area contributed by atoms with Gasteiger partial charge in [-0.1, -0.05) is 30.3 Å². The number of hydrogen-bond donors (Lipinski definition) is 3. The minimum atomic E-state index is -0.839. The fourth-order valence-corrected chi connectivity index (χ4v) is 3.62. The first-order valence-corrected chi connectivity index (χ1v) is 9.77. The predicted molar refractivity (Wildman–Crippen MR) is 108 cm³/mol. The first-order chi connectivity index (χ1) is 13.6. The van der Waals surface area contributed by atoms with E-state index in [-0.39, 0.29) is 5.91 Å². The number of β-amino-alcohol motifs (C(OH)–C–C–N with tert-alkyl or cyclic N) is 1. The van der Waals surface area contributed by atoms with E-state index < -0.39 is 11.6 Å². The van der Waals surface area contributed by atoms with E-state index >= 15 is 0 Å². The van der Waals surface area contributed by atoms with Crippen LogP contribution in [0.2, 0.25) is 0 Å². The van der Waals surface area contributed by atoms with Gasteiger partial charge in [-0.15, -0.1) is 0 Å². The monoisotopic (exact) mass is 384 g/mol. The molecule has 1 fully saturated rings. The molecule has 1 aliphatic heterocycles. The van der Waals surface area contributed by atoms with Crippen molar-refractivity contribution >= 4 is 5.91 Å². The highest BCUT2D eigenvalue weighted by Crippen LogP contribution is 2.33. The summed E-state index contributed by atoms with van der Waals surface area (Å²) in [4.78, 5) is 13.1. The standard InChI is InChI=1S/C22H28N2O4/c1-3-27-18-11-10-16(14-19(18)28-4-2)21(26)24-22(12-13-23-15-20(22)25)17-8-6-5-7-9-17/h5-11,14,20,23,25H,3-4,12-13,15H2,1-2H3,(H,24,26)/t20-,22-/m1/s1. The molecular formula is C22H28N2O4. The summed E-state index contributed by atoms with van der Waals surface area (Å²) >= 11 is 0. The first kappa shape index (κ1) is 20.2. The highest BCUT2D eigenvalue weighted by Gasteiger charge is 2.43. The minimum Gasteiger partial charge on any atom is -0.490 e. The second-order valence-corrected chi connectivity index (χ2v) is 6.79. The molecule has 28 heavy (non-hydrogen) atoms. The summed E-state index contributed by atoms with van der Waals surface area (Å²) in [7, 11) is 0. The number of hydrogen-bond acceptors (Lipinski definition) is 5. The smallest absolute Gasteiger partial charge is 0.252 e. The van der Waals surface area contributed by atoms with Crippen LogP contribution in [0.15, 0.2) is 48.5 Å². The number of ether oxygens (including phenoxy) is 2. The van der Waals surface area contributed by atoms with Crippen molar-refractivity contribution in [1.82, 2.24) is 10.6 Å². The van der Waals surface area contributed by atoms with Crippen LogP contribution in [-0.2, 0) is 5.54 Å². The molecule has 150 valence electrons. The third kappa shape index (κ3) is 4.13. The van der Waals surface area contributed by atoms with Gasteiger partial charge in [0, 0.05) is 12.1 Å². The maximum Gasteiger partial charge on any atom is 0.252 e. The van der Waals surface area contributed by atoms with Crippen LogP contribution in [0.5, 0.6) is 11.5 Å². The Balaban J connectivity index is 1.91. The molecule has 1 heterocycles. The maximum absolute atomic E-state index is 13.1. The lowest BCUT2D eigenvalue weighted by Crippen LogP contribution is -2.61. The Morgan fingerprint density at radius 3 is 2.54 bits per heavy atom. The largest absolute Gasteiger partial charge is 0.490 e. The van der Waals surface area contributed by atoms with Gasteiger partial charge in [-0.25, -0.2) is 0 Å². The second kappa shape index (κ2) is 9.08. The normalized spacial score (nSPS) is 21.8. The second-order valence-electron chi connectivity index (χ2n) is 6.79. The number of nitrogens with one attached hydrogen (secondary N) is 2. The number of aliphatic hydroxyl groups is 1. The van der Waals surface area contributed by atoms with E-state index in [1.807, 2.05) is 44.2 Å². The lowest BCUT2D eigenvalue weighted by molar-refractivity contribution is 0.0289. The summed E-state index contributed by atoms with van der Waals surface area (Å²) < 4.78 is 11.2. The molecule has 6 heteroatoms. The molecule has 0 radical (unpaired) electrons. The van der Waals surface area contributed by atoms with Gasteiger partial charge in [0.05, 0.1) is 24.9 Å². The van der Waals surface area contributed by atoms with Gasteiger partial charge in [-0.2, -0.15) is 0 Å². The molecule has 0 aromatic heterocycles. The van der Waals surface area contributed by atoms with Gasteiger partial charge in [-0.05, 0) is 50.6 Å². The molecule has 0 spiro atoms. The molecular weight excluding hydrogens is 356 g/mol. The van der Waals surface area contributed by atoms with Crippen molar-refractivity contribution in [3.63, 3.8) is 0 Å². The number of carbonyl (C=O) groups excluding carboxylic acids is 1. The Morgan fingerprint density at radius 1 is 1.14 bits per heavy atom. The zero-order chi connectivity index (χ0) is 20.0. The van der Waals surface area contributed by atoms with Gasteiger partial charge in [0.25, 0.3) is 5.91 Å². The third-order valence-electron chi connectivity index (χ3n) is 5.03. The predicted octanol–water partition coefficient (Wildman–Crippen LogP) is 2.46. The Morgan fingerprint density at radius 2 is 1.86 bits per heavy atom. The van der Waals surface area contributed by atoms with Crippen molar-refractivity contribution in [3.05, 3.63) is 59.7 Å². The zero-order valence-electron chi connectivity index (χ0n) is 16.4. The van der Waals surface area contributed by atoms with E-state index in [1.54, 1.807) is 18.2 Å². The van der Waals surface area contributed by atoms with Crippen LogP contribution in [0.25, 0.3) is 0 Å². The molecule has 2 aromatic rings. The SMILES string of the molecule is CCOc1ccc(C(=O)N[C@@]2(c3ccccc3)CCNC[C@H]2O)cc1OCC. The molecule has 0 saturated carbocycles. The average Bonchev–Trinajstić information content (AvgIpc) is 2.72. The van der Waals surface area contributed by atoms with Gasteiger partial charge >= 0.3 is 0 Å². The van der Waals surface area contributed by atoms with E-state index in [9.17, 15) is 9.90 Å². The highest BCUT2D eigenvalue weighted by molar-refractivity contribution is 5.95. The molecule has 2 atom stereocenters. The number of benzene rings is 2. The Hall–Kier alpha value is -2.57. The van der Waals surface area contributed by atoms with E-state index in [4.69, 9.17) is 9.47 Å². The highest BCUT2D eigenvalue weighted by atomic mass is 16.5. The Bertz CT molecular complexity index is 796. The van der Waals surface area contributed by atoms with Gasteiger partial charge in [-0.3, -0.25) is 4.79 Å². The van der Waals surface area contributed by atoms with Gasteiger partial charge in [0.1, 0.15) is 0 Å². The van der Waals surface area contributed by atoms with Gasteiger partial charge < -0.3 is 25.2 Å². The average molecular weight is 384 g/mol. The van der Waals surface area contributed by atoms with Crippen molar-refractivity contribution in [2.75, 3.05) is 26.3 Å². The maximum atomic E-state index is 13.1. The number of aliphatic hydroxyl groups excluding tert-OH is 1. The van der Waals surface area contributed by atoms with Gasteiger partial charge in [0.2, 0.25) is 0 Å². The molecule has 0 bridgehead atoms. The number of rotatable bonds is 7. The van der Waals surface area contributed by atoms with Crippen molar-refractivity contribution in [3.8, 4) is 11.5 Å². The summed E-state index contributed by atoms with van der Waals surface area (Å²) in [5.41, 5.74) is 0.523. The van der Waals surface area contributed by atoms with Crippen molar-refractivity contribution < 1.29 is 19.4 Å². The van der Waals surface area contributed by atoms with Crippen molar-refractivity contribution in [1.29, 1.82) is 0 Å². The molecule has 2 aromatic carbocycles. The summed E-state index contributed by atoms with van der Waals surface area (Å²) in [6, 6.07) is 14.8. The molecule has 6 nitrogen and oxygen atoms in total. The van der Waals surface area contributed by atoms with Crippen LogP contribution >= 0.6 is 0 Å². The van der Waals surface area contributed by atoms with Crippen LogP contribution in [0.3, 0.4) is 0 Å². The van der Waals surface area contributed by atoms with Gasteiger partial charge in [0.15, 0.2) is 11.5 Å². The topological polar surface area (TPSA) is 79.8 Å². The summed E-state index contributed by atoms with van der Waals surface area (Å²) in [6.07, 6.45) is -0.138. The lowest BCUT2D eigenvalue weighted by atomic mass is 9.79. The van der Waals surface area contributed by atoms with E-state index in [2.05, 4.69) is 10.6 Å². The fraction of sp³-hybridized carbons (Fsp3) is 0.409. The molecule has 1 amide bonds. The van der Waals surface area contributed by atoms with Crippen LogP contribution in [0, 0.1) is 0 Å². The number of amides is 1.